The molecule has 0 saturated carbocycles. The third-order valence-corrected chi connectivity index (χ3v) is 16.7. The molecule has 12 aromatic carbocycles. The van der Waals surface area contributed by atoms with Crippen molar-refractivity contribution in [1.82, 2.24) is 0 Å². The summed E-state index contributed by atoms with van der Waals surface area (Å²) < 4.78 is 0. The smallest absolute Gasteiger partial charge is 0.0540 e. The molecule has 0 spiro atoms. The van der Waals surface area contributed by atoms with Crippen LogP contribution in [-0.4, -0.2) is 0 Å². The summed E-state index contributed by atoms with van der Waals surface area (Å²) in [6.45, 7) is 9.46. The van der Waals surface area contributed by atoms with Crippen LogP contribution in [0.25, 0.3) is 77.2 Å². The molecule has 2 aliphatic carbocycles. The van der Waals surface area contributed by atoms with Gasteiger partial charge in [0.2, 0.25) is 0 Å². The van der Waals surface area contributed by atoms with E-state index in [1.165, 1.54) is 88.3 Å². The Morgan fingerprint density at radius 3 is 0.947 bits per heavy atom. The summed E-state index contributed by atoms with van der Waals surface area (Å²) in [4.78, 5) is 4.93. The molecule has 0 bridgehead atoms. The lowest BCUT2D eigenvalue weighted by Gasteiger charge is -2.30. The van der Waals surface area contributed by atoms with Crippen molar-refractivity contribution < 1.29 is 0 Å². The summed E-state index contributed by atoms with van der Waals surface area (Å²) in [7, 11) is 0. The van der Waals surface area contributed by atoms with Crippen LogP contribution in [0.2, 0.25) is 0 Å². The van der Waals surface area contributed by atoms with Crippen LogP contribution in [-0.2, 0) is 10.8 Å². The SMILES string of the molecule is CC1(C)c2ccccc2-c2ccc(N(c3ccc(-c4ccc(N(c5ccc6c(c5)C(C)(C)c5ccccc5-6)c5ccc(-c6ccccc6)c6ccccc56)cc4)cc3)c3ccc(-c4ccccc4)c4ccccc34)cc21. The first-order valence-corrected chi connectivity index (χ1v) is 26.7. The minimum absolute atomic E-state index is 0.139. The maximum atomic E-state index is 2.46. The number of benzene rings is 12. The maximum absolute atomic E-state index is 2.46. The van der Waals surface area contributed by atoms with Crippen LogP contribution in [0, 0.1) is 0 Å². The van der Waals surface area contributed by atoms with Gasteiger partial charge in [-0.2, -0.15) is 0 Å². The molecule has 0 radical (unpaired) electrons. The van der Waals surface area contributed by atoms with Crippen molar-refractivity contribution in [2.75, 3.05) is 9.80 Å². The quantitative estimate of drug-likeness (QED) is 0.142. The Kier molecular flexibility index (Phi) is 10.6. The van der Waals surface area contributed by atoms with Gasteiger partial charge in [0.1, 0.15) is 0 Å². The molecule has 76 heavy (non-hydrogen) atoms. The van der Waals surface area contributed by atoms with E-state index in [2.05, 4.69) is 304 Å². The van der Waals surface area contributed by atoms with E-state index in [-0.39, 0.29) is 10.8 Å². The normalized spacial score (nSPS) is 13.5. The molecule has 0 unspecified atom stereocenters. The Morgan fingerprint density at radius 1 is 0.224 bits per heavy atom. The van der Waals surface area contributed by atoms with E-state index in [1.807, 2.05) is 0 Å². The minimum atomic E-state index is -0.139. The van der Waals surface area contributed by atoms with E-state index in [9.17, 15) is 0 Å². The minimum Gasteiger partial charge on any atom is -0.310 e. The Hall–Kier alpha value is -9.24. The summed E-state index contributed by atoms with van der Waals surface area (Å²) in [5, 5.41) is 4.86. The standard InChI is InChI=1S/C74H56N2/c1-73(2)67-29-17-15-25-61(67)63-41-39-55(47-69(63)73)75(71-45-43-57(51-19-7-5-8-20-51)59-23-11-13-27-65(59)71)53-35-31-49(32-36-53)50-33-37-54(38-34-50)76(56-40-42-64-62-26-16-18-30-68(62)74(3,4)70(64)48-56)72-46-44-58(52-21-9-6-10-22-52)60-24-12-14-28-66(60)72/h5-48H,1-4H3. The summed E-state index contributed by atoms with van der Waals surface area (Å²) in [6.07, 6.45) is 0. The molecule has 362 valence electrons. The third kappa shape index (κ3) is 7.23. The van der Waals surface area contributed by atoms with Crippen molar-refractivity contribution >= 4 is 55.7 Å². The highest BCUT2D eigenvalue weighted by Crippen LogP contribution is 2.53. The Bertz CT molecular complexity index is 3930. The van der Waals surface area contributed by atoms with Crippen molar-refractivity contribution in [2.24, 2.45) is 0 Å². The zero-order valence-corrected chi connectivity index (χ0v) is 43.3. The second-order valence-electron chi connectivity index (χ2n) is 21.7. The fraction of sp³-hybridized carbons (Fsp3) is 0.0811. The van der Waals surface area contributed by atoms with Gasteiger partial charge in [0.05, 0.1) is 11.4 Å². The molecule has 12 aromatic rings. The van der Waals surface area contributed by atoms with E-state index in [4.69, 9.17) is 0 Å². The van der Waals surface area contributed by atoms with Crippen LogP contribution in [0.5, 0.6) is 0 Å². The second-order valence-corrected chi connectivity index (χ2v) is 21.7. The fourth-order valence-electron chi connectivity index (χ4n) is 12.8. The topological polar surface area (TPSA) is 6.48 Å². The molecule has 2 aliphatic rings. The van der Waals surface area contributed by atoms with Gasteiger partial charge in [-0.25, -0.2) is 0 Å². The molecule has 2 nitrogen and oxygen atoms in total. The van der Waals surface area contributed by atoms with Gasteiger partial charge in [0, 0.05) is 44.4 Å². The Labute approximate surface area is 446 Å². The first-order chi connectivity index (χ1) is 37.2. The molecule has 14 rings (SSSR count). The molecular formula is C74H56N2. The zero-order valence-electron chi connectivity index (χ0n) is 43.3. The highest BCUT2D eigenvalue weighted by molar-refractivity contribution is 6.08. The highest BCUT2D eigenvalue weighted by Gasteiger charge is 2.37. The van der Waals surface area contributed by atoms with E-state index in [1.54, 1.807) is 0 Å². The van der Waals surface area contributed by atoms with Gasteiger partial charge in [-0.1, -0.05) is 234 Å². The largest absolute Gasteiger partial charge is 0.310 e. The predicted octanol–water partition coefficient (Wildman–Crippen LogP) is 20.5. The van der Waals surface area contributed by atoms with Gasteiger partial charge in [-0.3, -0.25) is 0 Å². The zero-order chi connectivity index (χ0) is 51.1. The molecule has 0 amide bonds. The van der Waals surface area contributed by atoms with Gasteiger partial charge in [0.25, 0.3) is 0 Å². The van der Waals surface area contributed by atoms with Crippen LogP contribution >= 0.6 is 0 Å². The maximum Gasteiger partial charge on any atom is 0.0540 e. The third-order valence-electron chi connectivity index (χ3n) is 16.7. The molecule has 0 aliphatic heterocycles. The fourth-order valence-corrected chi connectivity index (χ4v) is 12.8. The number of anilines is 6. The first kappa shape index (κ1) is 45.4. The van der Waals surface area contributed by atoms with Crippen molar-refractivity contribution in [3.8, 4) is 55.6 Å². The lowest BCUT2D eigenvalue weighted by molar-refractivity contribution is 0.660. The number of nitrogens with zero attached hydrogens (tertiary/aromatic N) is 2. The van der Waals surface area contributed by atoms with Gasteiger partial charge in [-0.15, -0.1) is 0 Å². The monoisotopic (exact) mass is 972 g/mol. The molecular weight excluding hydrogens is 917 g/mol. The lowest BCUT2D eigenvalue weighted by Crippen LogP contribution is -2.16. The molecule has 0 N–H and O–H groups in total. The number of hydrogen-bond donors (Lipinski definition) is 0. The van der Waals surface area contributed by atoms with Gasteiger partial charge < -0.3 is 9.80 Å². The summed E-state index contributed by atoms with van der Waals surface area (Å²) >= 11 is 0. The van der Waals surface area contributed by atoms with Crippen molar-refractivity contribution in [2.45, 2.75) is 38.5 Å². The van der Waals surface area contributed by atoms with E-state index in [0.717, 1.165) is 45.3 Å². The summed E-state index contributed by atoms with van der Waals surface area (Å²) in [6, 6.07) is 98.8. The molecule has 2 heteroatoms. The average molecular weight is 973 g/mol. The van der Waals surface area contributed by atoms with Crippen LogP contribution < -0.4 is 9.80 Å². The van der Waals surface area contributed by atoms with Crippen molar-refractivity contribution in [1.29, 1.82) is 0 Å². The van der Waals surface area contributed by atoms with Gasteiger partial charge in [0.15, 0.2) is 0 Å². The Morgan fingerprint density at radius 2 is 0.539 bits per heavy atom. The van der Waals surface area contributed by atoms with Crippen LogP contribution in [0.3, 0.4) is 0 Å². The highest BCUT2D eigenvalue weighted by atomic mass is 15.1. The first-order valence-electron chi connectivity index (χ1n) is 26.7. The lowest BCUT2D eigenvalue weighted by atomic mass is 9.82. The van der Waals surface area contributed by atoms with E-state index >= 15 is 0 Å². The number of fused-ring (bicyclic) bond motifs is 8. The van der Waals surface area contributed by atoms with E-state index < -0.39 is 0 Å². The van der Waals surface area contributed by atoms with Crippen LogP contribution in [0.15, 0.2) is 267 Å². The molecule has 0 atom stereocenters. The second kappa shape index (κ2) is 17.7. The number of hydrogen-bond acceptors (Lipinski definition) is 2. The average Bonchev–Trinajstić information content (AvgIpc) is 3.85. The molecule has 0 aromatic heterocycles. The van der Waals surface area contributed by atoms with Gasteiger partial charge in [-0.05, 0) is 149 Å². The summed E-state index contributed by atoms with van der Waals surface area (Å²) in [5.41, 5.74) is 24.4. The number of rotatable bonds is 9. The van der Waals surface area contributed by atoms with Crippen molar-refractivity contribution in [3.05, 3.63) is 289 Å². The summed E-state index contributed by atoms with van der Waals surface area (Å²) in [5.74, 6) is 0. The van der Waals surface area contributed by atoms with Crippen molar-refractivity contribution in [3.63, 3.8) is 0 Å². The molecule has 0 saturated heterocycles. The van der Waals surface area contributed by atoms with E-state index in [0.29, 0.717) is 0 Å². The Balaban J connectivity index is 0.875. The molecule has 0 fully saturated rings. The van der Waals surface area contributed by atoms with Crippen LogP contribution in [0.1, 0.15) is 49.9 Å². The molecule has 0 heterocycles. The predicted molar refractivity (Wildman–Crippen MR) is 322 cm³/mol. The van der Waals surface area contributed by atoms with Gasteiger partial charge >= 0.3 is 0 Å². The van der Waals surface area contributed by atoms with Crippen LogP contribution in [0.4, 0.5) is 34.1 Å².